The zero-order chi connectivity index (χ0) is 9.54. The number of benzene rings is 1. The largest absolute Gasteiger partial charge is 0.327 e. The molecule has 1 aromatic rings. The summed E-state index contributed by atoms with van der Waals surface area (Å²) in [7, 11) is 0. The van der Waals surface area contributed by atoms with Crippen molar-refractivity contribution in [2.75, 3.05) is 0 Å². The van der Waals surface area contributed by atoms with Crippen molar-refractivity contribution in [1.82, 2.24) is 0 Å². The maximum absolute atomic E-state index is 6.21. The van der Waals surface area contributed by atoms with Crippen molar-refractivity contribution >= 4 is 0 Å². The Balaban J connectivity index is 2.17. The fourth-order valence-electron chi connectivity index (χ4n) is 3.19. The Morgan fingerprint density at radius 1 is 1.07 bits per heavy atom. The molecule has 3 rings (SSSR count). The zero-order valence-corrected chi connectivity index (χ0v) is 8.50. The monoisotopic (exact) mass is 187 g/mol. The van der Waals surface area contributed by atoms with Gasteiger partial charge in [0.15, 0.2) is 0 Å². The Hall–Kier alpha value is -0.820. The molecule has 0 aliphatic heterocycles. The van der Waals surface area contributed by atoms with Crippen molar-refractivity contribution in [2.24, 2.45) is 5.73 Å². The van der Waals surface area contributed by atoms with Gasteiger partial charge in [0.2, 0.25) is 0 Å². The summed E-state index contributed by atoms with van der Waals surface area (Å²) in [5.41, 5.74) is 11.0. The molecule has 2 aliphatic rings. The van der Waals surface area contributed by atoms with Gasteiger partial charge in [0.25, 0.3) is 0 Å². The SMILES string of the molecule is N[C@@H]1CCc2cccc3c2[C@@H]1CCC3. The number of aryl methyl sites for hydroxylation is 2. The van der Waals surface area contributed by atoms with Gasteiger partial charge < -0.3 is 5.73 Å². The van der Waals surface area contributed by atoms with Crippen molar-refractivity contribution in [3.63, 3.8) is 0 Å². The van der Waals surface area contributed by atoms with E-state index in [0.29, 0.717) is 12.0 Å². The number of hydrogen-bond donors (Lipinski definition) is 1. The standard InChI is InChI=1S/C13H17N/c14-12-8-7-10-4-1-3-9-5-2-6-11(12)13(9)10/h1,3-4,11-12H,2,5-8,14H2/t11-,12-/m1/s1. The molecule has 1 aromatic carbocycles. The van der Waals surface area contributed by atoms with Crippen LogP contribution in [0.5, 0.6) is 0 Å². The summed E-state index contributed by atoms with van der Waals surface area (Å²) >= 11 is 0. The molecule has 0 bridgehead atoms. The number of rotatable bonds is 0. The molecule has 2 aliphatic carbocycles. The van der Waals surface area contributed by atoms with Gasteiger partial charge in [-0.05, 0) is 54.7 Å². The highest BCUT2D eigenvalue weighted by atomic mass is 14.7. The summed E-state index contributed by atoms with van der Waals surface area (Å²) in [5.74, 6) is 0.670. The Morgan fingerprint density at radius 3 is 2.71 bits per heavy atom. The van der Waals surface area contributed by atoms with E-state index in [-0.39, 0.29) is 0 Å². The lowest BCUT2D eigenvalue weighted by molar-refractivity contribution is 0.417. The number of nitrogens with two attached hydrogens (primary N) is 1. The summed E-state index contributed by atoms with van der Waals surface area (Å²) in [6.45, 7) is 0. The van der Waals surface area contributed by atoms with Gasteiger partial charge in [-0.15, -0.1) is 0 Å². The van der Waals surface area contributed by atoms with Crippen LogP contribution < -0.4 is 5.73 Å². The average molecular weight is 187 g/mol. The van der Waals surface area contributed by atoms with Crippen LogP contribution in [0.25, 0.3) is 0 Å². The van der Waals surface area contributed by atoms with E-state index in [9.17, 15) is 0 Å². The van der Waals surface area contributed by atoms with Crippen LogP contribution in [0.1, 0.15) is 41.9 Å². The first kappa shape index (κ1) is 8.49. The average Bonchev–Trinajstić information content (AvgIpc) is 2.24. The third-order valence-electron chi connectivity index (χ3n) is 3.88. The molecule has 0 unspecified atom stereocenters. The summed E-state index contributed by atoms with van der Waals surface area (Å²) in [6, 6.07) is 7.23. The van der Waals surface area contributed by atoms with Crippen LogP contribution in [0, 0.1) is 0 Å². The van der Waals surface area contributed by atoms with Gasteiger partial charge in [-0.25, -0.2) is 0 Å². The molecule has 0 heterocycles. The molecule has 74 valence electrons. The van der Waals surface area contributed by atoms with E-state index in [0.717, 1.165) is 0 Å². The molecular weight excluding hydrogens is 170 g/mol. The maximum Gasteiger partial charge on any atom is 0.0111 e. The lowest BCUT2D eigenvalue weighted by atomic mass is 9.71. The third-order valence-corrected chi connectivity index (χ3v) is 3.88. The Bertz CT molecular complexity index is 342. The smallest absolute Gasteiger partial charge is 0.0111 e. The van der Waals surface area contributed by atoms with Crippen LogP contribution in [0.3, 0.4) is 0 Å². The van der Waals surface area contributed by atoms with E-state index in [1.807, 2.05) is 0 Å². The van der Waals surface area contributed by atoms with Crippen LogP contribution in [0.4, 0.5) is 0 Å². The molecule has 0 aromatic heterocycles. The quantitative estimate of drug-likeness (QED) is 0.663. The van der Waals surface area contributed by atoms with Crippen molar-refractivity contribution in [3.8, 4) is 0 Å². The molecule has 2 N–H and O–H groups in total. The molecule has 0 fully saturated rings. The molecular formula is C13H17N. The molecule has 0 saturated carbocycles. The molecule has 2 atom stereocenters. The molecule has 1 heteroatoms. The Kier molecular flexibility index (Phi) is 1.88. The van der Waals surface area contributed by atoms with Crippen molar-refractivity contribution < 1.29 is 0 Å². The molecule has 14 heavy (non-hydrogen) atoms. The van der Waals surface area contributed by atoms with Crippen LogP contribution >= 0.6 is 0 Å². The van der Waals surface area contributed by atoms with Gasteiger partial charge in [0.1, 0.15) is 0 Å². The first-order valence-corrected chi connectivity index (χ1v) is 5.72. The highest BCUT2D eigenvalue weighted by molar-refractivity contribution is 5.42. The molecule has 1 nitrogen and oxygen atoms in total. The van der Waals surface area contributed by atoms with Gasteiger partial charge in [-0.3, -0.25) is 0 Å². The fourth-order valence-corrected chi connectivity index (χ4v) is 3.19. The van der Waals surface area contributed by atoms with Gasteiger partial charge in [0.05, 0.1) is 0 Å². The van der Waals surface area contributed by atoms with E-state index < -0.39 is 0 Å². The van der Waals surface area contributed by atoms with Crippen LogP contribution in [-0.2, 0) is 12.8 Å². The Labute approximate surface area is 85.3 Å². The summed E-state index contributed by atoms with van der Waals surface area (Å²) in [4.78, 5) is 0. The lowest BCUT2D eigenvalue weighted by Gasteiger charge is -2.36. The van der Waals surface area contributed by atoms with Crippen LogP contribution in [0.2, 0.25) is 0 Å². The minimum absolute atomic E-state index is 0.420. The highest BCUT2D eigenvalue weighted by Gasteiger charge is 2.30. The first-order chi connectivity index (χ1) is 6.86. The van der Waals surface area contributed by atoms with Crippen molar-refractivity contribution in [2.45, 2.75) is 44.1 Å². The summed E-state index contributed by atoms with van der Waals surface area (Å²) in [6.07, 6.45) is 6.29. The fraction of sp³-hybridized carbons (Fsp3) is 0.538. The van der Waals surface area contributed by atoms with E-state index in [2.05, 4.69) is 18.2 Å². The molecule has 0 amide bonds. The maximum atomic E-state index is 6.21. The Morgan fingerprint density at radius 2 is 1.86 bits per heavy atom. The number of hydrogen-bond acceptors (Lipinski definition) is 1. The second-order valence-corrected chi connectivity index (χ2v) is 4.69. The second kappa shape index (κ2) is 3.09. The normalized spacial score (nSPS) is 29.8. The predicted octanol–water partition coefficient (Wildman–Crippen LogP) is 2.38. The van der Waals surface area contributed by atoms with Gasteiger partial charge in [-0.1, -0.05) is 18.2 Å². The predicted molar refractivity (Wildman–Crippen MR) is 58.4 cm³/mol. The van der Waals surface area contributed by atoms with Crippen molar-refractivity contribution in [1.29, 1.82) is 0 Å². The van der Waals surface area contributed by atoms with E-state index in [1.165, 1.54) is 32.1 Å². The minimum atomic E-state index is 0.420. The van der Waals surface area contributed by atoms with Crippen LogP contribution in [0.15, 0.2) is 18.2 Å². The van der Waals surface area contributed by atoms with Crippen LogP contribution in [-0.4, -0.2) is 6.04 Å². The van der Waals surface area contributed by atoms with E-state index >= 15 is 0 Å². The highest BCUT2D eigenvalue weighted by Crippen LogP contribution is 2.40. The zero-order valence-electron chi connectivity index (χ0n) is 8.50. The topological polar surface area (TPSA) is 26.0 Å². The summed E-state index contributed by atoms with van der Waals surface area (Å²) < 4.78 is 0. The minimum Gasteiger partial charge on any atom is -0.327 e. The van der Waals surface area contributed by atoms with Crippen molar-refractivity contribution in [3.05, 3.63) is 34.9 Å². The van der Waals surface area contributed by atoms with E-state index in [4.69, 9.17) is 5.73 Å². The summed E-state index contributed by atoms with van der Waals surface area (Å²) in [5, 5.41) is 0. The lowest BCUT2D eigenvalue weighted by Crippen LogP contribution is -2.35. The molecule has 0 radical (unpaired) electrons. The van der Waals surface area contributed by atoms with E-state index in [1.54, 1.807) is 16.7 Å². The molecule has 0 saturated heterocycles. The van der Waals surface area contributed by atoms with Gasteiger partial charge >= 0.3 is 0 Å². The molecule has 0 spiro atoms. The first-order valence-electron chi connectivity index (χ1n) is 5.72. The van der Waals surface area contributed by atoms with Gasteiger partial charge in [0, 0.05) is 6.04 Å². The van der Waals surface area contributed by atoms with Gasteiger partial charge in [-0.2, -0.15) is 0 Å². The second-order valence-electron chi connectivity index (χ2n) is 4.69. The third kappa shape index (κ3) is 1.12.